The minimum absolute atomic E-state index is 0.191. The van der Waals surface area contributed by atoms with E-state index in [0.717, 1.165) is 57.8 Å². The second kappa shape index (κ2) is 41.4. The predicted molar refractivity (Wildman–Crippen MR) is 239 cm³/mol. The van der Waals surface area contributed by atoms with Crippen LogP contribution in [0.4, 0.5) is 0 Å². The molecule has 0 aromatic carbocycles. The van der Waals surface area contributed by atoms with Crippen molar-refractivity contribution in [2.24, 2.45) is 0 Å². The molecule has 0 aliphatic rings. The Morgan fingerprint density at radius 1 is 0.509 bits per heavy atom. The van der Waals surface area contributed by atoms with Gasteiger partial charge >= 0.3 is 0 Å². The van der Waals surface area contributed by atoms with E-state index in [1.54, 1.807) is 0 Å². The van der Waals surface area contributed by atoms with Gasteiger partial charge in [-0.05, 0) is 51.4 Å². The van der Waals surface area contributed by atoms with Crippen LogP contribution in [0, 0.1) is 0 Å². The summed E-state index contributed by atoms with van der Waals surface area (Å²) in [5.74, 6) is -1.01. The van der Waals surface area contributed by atoms with Gasteiger partial charge in [0.2, 0.25) is 5.91 Å². The first-order valence-electron chi connectivity index (χ1n) is 22.6. The standard InChI is InChI=1S/C48H85NO5S/c1-3-5-7-9-11-13-15-17-19-21-23-24-26-27-29-31-33-35-37-39-41-43-47(50)46(45-55(52,53)54)49-48(51)44-42-40-38-36-34-32-30-28-25-22-20-18-16-14-12-10-8-6-4-2/h6,8,12,14,18,20,25,28,32,34,38,40,46-47,50H,3-5,7,9-11,13,15-17,19,21-24,26-27,29-31,33,35-37,39,41-45H2,1-2H3,(H,49,51)(H,52,53,54)/b8-6-,14-12-,20-18-,28-25-,34-32-,40-38-. The highest BCUT2D eigenvalue weighted by molar-refractivity contribution is 7.85. The second-order valence-electron chi connectivity index (χ2n) is 15.3. The number of carbonyl (C=O) groups excluding carboxylic acids is 1. The fourth-order valence-electron chi connectivity index (χ4n) is 6.60. The molecule has 0 aromatic rings. The summed E-state index contributed by atoms with van der Waals surface area (Å²) in [7, 11) is -4.34. The van der Waals surface area contributed by atoms with Crippen LogP contribution < -0.4 is 5.32 Å². The summed E-state index contributed by atoms with van der Waals surface area (Å²) in [5.41, 5.74) is 0. The van der Waals surface area contributed by atoms with Crippen LogP contribution in [0.2, 0.25) is 0 Å². The SMILES string of the molecule is CC/C=C\C/C=C\C/C=C\C/C=C\C/C=C\C/C=C\CCC(=O)NC(CS(=O)(=O)O)C(O)CCCCCCCCCCCCCCCCCCCCCCC. The minimum atomic E-state index is -4.34. The normalized spacial score (nSPS) is 13.9. The number of amides is 1. The second-order valence-corrected chi connectivity index (χ2v) is 16.8. The number of allylic oxidation sites excluding steroid dienone is 12. The molecule has 2 atom stereocenters. The van der Waals surface area contributed by atoms with E-state index in [-0.39, 0.29) is 12.3 Å². The molecule has 55 heavy (non-hydrogen) atoms. The highest BCUT2D eigenvalue weighted by atomic mass is 32.2. The fourth-order valence-corrected chi connectivity index (χ4v) is 7.35. The Hall–Kier alpha value is -2.22. The van der Waals surface area contributed by atoms with Gasteiger partial charge in [0.1, 0.15) is 0 Å². The third-order valence-electron chi connectivity index (χ3n) is 9.94. The zero-order valence-corrected chi connectivity index (χ0v) is 36.3. The lowest BCUT2D eigenvalue weighted by Gasteiger charge is -2.23. The molecule has 0 heterocycles. The Morgan fingerprint density at radius 2 is 0.836 bits per heavy atom. The van der Waals surface area contributed by atoms with Crippen LogP contribution in [-0.2, 0) is 14.9 Å². The van der Waals surface area contributed by atoms with Gasteiger partial charge < -0.3 is 10.4 Å². The van der Waals surface area contributed by atoms with E-state index in [1.165, 1.54) is 116 Å². The van der Waals surface area contributed by atoms with Crippen molar-refractivity contribution in [3.63, 3.8) is 0 Å². The van der Waals surface area contributed by atoms with Gasteiger partial charge in [0.05, 0.1) is 17.9 Å². The van der Waals surface area contributed by atoms with Gasteiger partial charge in [0.25, 0.3) is 10.1 Å². The van der Waals surface area contributed by atoms with Crippen molar-refractivity contribution >= 4 is 16.0 Å². The number of nitrogens with one attached hydrogen (secondary N) is 1. The highest BCUT2D eigenvalue weighted by Gasteiger charge is 2.25. The van der Waals surface area contributed by atoms with Crippen LogP contribution in [0.3, 0.4) is 0 Å². The highest BCUT2D eigenvalue weighted by Crippen LogP contribution is 2.16. The van der Waals surface area contributed by atoms with Gasteiger partial charge in [0, 0.05) is 6.42 Å². The third-order valence-corrected chi connectivity index (χ3v) is 10.7. The molecular formula is C48H85NO5S. The van der Waals surface area contributed by atoms with Crippen molar-refractivity contribution in [1.82, 2.24) is 5.32 Å². The molecule has 1 amide bonds. The first kappa shape index (κ1) is 52.8. The van der Waals surface area contributed by atoms with Crippen molar-refractivity contribution in [2.75, 3.05) is 5.75 Å². The van der Waals surface area contributed by atoms with Gasteiger partial charge in [-0.1, -0.05) is 222 Å². The average molecular weight is 788 g/mol. The largest absolute Gasteiger partial charge is 0.391 e. The maximum absolute atomic E-state index is 12.5. The summed E-state index contributed by atoms with van der Waals surface area (Å²) in [5, 5.41) is 13.3. The van der Waals surface area contributed by atoms with Gasteiger partial charge in [-0.25, -0.2) is 0 Å². The average Bonchev–Trinajstić information content (AvgIpc) is 3.15. The molecule has 0 bridgehead atoms. The minimum Gasteiger partial charge on any atom is -0.391 e. The quantitative estimate of drug-likeness (QED) is 0.0326. The molecule has 6 nitrogen and oxygen atoms in total. The smallest absolute Gasteiger partial charge is 0.266 e. The number of hydrogen-bond donors (Lipinski definition) is 3. The van der Waals surface area contributed by atoms with Crippen LogP contribution >= 0.6 is 0 Å². The fraction of sp³-hybridized carbons (Fsp3) is 0.729. The van der Waals surface area contributed by atoms with E-state index in [1.807, 2.05) is 12.2 Å². The Bertz CT molecular complexity index is 1140. The molecule has 0 fully saturated rings. The predicted octanol–water partition coefficient (Wildman–Crippen LogP) is 13.8. The van der Waals surface area contributed by atoms with Crippen LogP contribution in [0.5, 0.6) is 0 Å². The zero-order valence-electron chi connectivity index (χ0n) is 35.5. The summed E-state index contributed by atoms with van der Waals surface area (Å²) in [6.07, 6.45) is 58.7. The van der Waals surface area contributed by atoms with E-state index < -0.39 is 28.0 Å². The lowest BCUT2D eigenvalue weighted by molar-refractivity contribution is -0.122. The molecular weight excluding hydrogens is 703 g/mol. The molecule has 0 aromatic heterocycles. The summed E-state index contributed by atoms with van der Waals surface area (Å²) in [4.78, 5) is 12.5. The number of hydrogen-bond acceptors (Lipinski definition) is 4. The van der Waals surface area contributed by atoms with E-state index in [2.05, 4.69) is 79.9 Å². The molecule has 0 aliphatic carbocycles. The maximum atomic E-state index is 12.5. The van der Waals surface area contributed by atoms with Crippen LogP contribution in [0.1, 0.15) is 206 Å². The molecule has 3 N–H and O–H groups in total. The number of unbranched alkanes of at least 4 members (excludes halogenated alkanes) is 20. The Labute approximate surface area is 340 Å². The molecule has 0 aliphatic heterocycles. The van der Waals surface area contributed by atoms with Gasteiger partial charge in [-0.2, -0.15) is 8.42 Å². The van der Waals surface area contributed by atoms with Gasteiger partial charge in [-0.3, -0.25) is 9.35 Å². The van der Waals surface area contributed by atoms with Crippen molar-refractivity contribution in [2.45, 2.75) is 219 Å². The van der Waals surface area contributed by atoms with Crippen molar-refractivity contribution in [3.8, 4) is 0 Å². The van der Waals surface area contributed by atoms with Crippen LogP contribution in [-0.4, -0.2) is 41.9 Å². The number of rotatable bonds is 40. The molecule has 7 heteroatoms. The van der Waals surface area contributed by atoms with Crippen molar-refractivity contribution < 1.29 is 22.9 Å². The number of aliphatic hydroxyl groups excluding tert-OH is 1. The van der Waals surface area contributed by atoms with Crippen molar-refractivity contribution in [1.29, 1.82) is 0 Å². The molecule has 0 saturated carbocycles. The third kappa shape index (κ3) is 42.8. The lowest BCUT2D eigenvalue weighted by atomic mass is 10.0. The maximum Gasteiger partial charge on any atom is 0.266 e. The zero-order chi connectivity index (χ0) is 40.3. The molecule has 0 radical (unpaired) electrons. The van der Waals surface area contributed by atoms with E-state index >= 15 is 0 Å². The van der Waals surface area contributed by atoms with E-state index in [0.29, 0.717) is 12.8 Å². The molecule has 0 rings (SSSR count). The van der Waals surface area contributed by atoms with E-state index in [4.69, 9.17) is 0 Å². The van der Waals surface area contributed by atoms with Gasteiger partial charge in [0.15, 0.2) is 0 Å². The van der Waals surface area contributed by atoms with Crippen LogP contribution in [0.15, 0.2) is 72.9 Å². The van der Waals surface area contributed by atoms with Gasteiger partial charge in [-0.15, -0.1) is 0 Å². The molecule has 0 spiro atoms. The first-order chi connectivity index (χ1) is 26.8. The summed E-state index contributed by atoms with van der Waals surface area (Å²) in [6, 6.07) is -1.02. The summed E-state index contributed by atoms with van der Waals surface area (Å²) < 4.78 is 32.6. The van der Waals surface area contributed by atoms with Crippen molar-refractivity contribution in [3.05, 3.63) is 72.9 Å². The Kier molecular flexibility index (Phi) is 39.7. The number of aliphatic hydroxyl groups is 1. The lowest BCUT2D eigenvalue weighted by Crippen LogP contribution is -2.47. The molecule has 2 unspecified atom stereocenters. The molecule has 0 saturated heterocycles. The van der Waals surface area contributed by atoms with Crippen LogP contribution in [0.25, 0.3) is 0 Å². The summed E-state index contributed by atoms with van der Waals surface area (Å²) >= 11 is 0. The summed E-state index contributed by atoms with van der Waals surface area (Å²) in [6.45, 7) is 4.42. The van der Waals surface area contributed by atoms with E-state index in [9.17, 15) is 22.9 Å². The number of carbonyl (C=O) groups is 1. The Morgan fingerprint density at radius 3 is 1.18 bits per heavy atom. The first-order valence-corrected chi connectivity index (χ1v) is 24.2. The monoisotopic (exact) mass is 788 g/mol. The molecule has 318 valence electrons. The topological polar surface area (TPSA) is 104 Å². The Balaban J connectivity index is 3.94.